The molecule has 0 saturated heterocycles. The predicted molar refractivity (Wildman–Crippen MR) is 63.3 cm³/mol. The first-order chi connectivity index (χ1) is 7.00. The van der Waals surface area contributed by atoms with Crippen LogP contribution < -0.4 is 0 Å². The van der Waals surface area contributed by atoms with E-state index >= 15 is 0 Å². The van der Waals surface area contributed by atoms with E-state index in [4.69, 9.17) is 9.52 Å². The second-order valence-corrected chi connectivity index (χ2v) is 4.90. The summed E-state index contributed by atoms with van der Waals surface area (Å²) in [6.45, 7) is 1.73. The van der Waals surface area contributed by atoms with Crippen molar-refractivity contribution in [3.05, 3.63) is 32.4 Å². The fraction of sp³-hybridized carbons (Fsp3) is 0.100. The minimum atomic E-state index is -1.05. The van der Waals surface area contributed by atoms with Gasteiger partial charge in [0, 0.05) is 15.4 Å². The molecule has 15 heavy (non-hydrogen) atoms. The summed E-state index contributed by atoms with van der Waals surface area (Å²) >= 11 is 6.67. The average molecular weight is 334 g/mol. The fourth-order valence-electron chi connectivity index (χ4n) is 1.45. The highest BCUT2D eigenvalue weighted by Crippen LogP contribution is 2.33. The maximum atomic E-state index is 10.9. The van der Waals surface area contributed by atoms with Gasteiger partial charge in [-0.25, -0.2) is 4.79 Å². The maximum absolute atomic E-state index is 10.9. The van der Waals surface area contributed by atoms with Gasteiger partial charge in [-0.1, -0.05) is 15.9 Å². The van der Waals surface area contributed by atoms with Gasteiger partial charge in [-0.15, -0.1) is 0 Å². The molecule has 0 atom stereocenters. The first-order valence-corrected chi connectivity index (χ1v) is 5.70. The van der Waals surface area contributed by atoms with Gasteiger partial charge in [0.25, 0.3) is 0 Å². The highest BCUT2D eigenvalue weighted by molar-refractivity contribution is 9.11. The van der Waals surface area contributed by atoms with Crippen LogP contribution in [0.25, 0.3) is 11.0 Å². The van der Waals surface area contributed by atoms with E-state index in [-0.39, 0.29) is 5.76 Å². The van der Waals surface area contributed by atoms with Gasteiger partial charge in [-0.2, -0.15) is 0 Å². The third-order valence-electron chi connectivity index (χ3n) is 2.15. The topological polar surface area (TPSA) is 50.4 Å². The van der Waals surface area contributed by atoms with E-state index < -0.39 is 5.97 Å². The maximum Gasteiger partial charge on any atom is 0.372 e. The molecule has 2 aromatic rings. The molecule has 0 saturated carbocycles. The van der Waals surface area contributed by atoms with Gasteiger partial charge >= 0.3 is 5.97 Å². The normalized spacial score (nSPS) is 10.9. The third kappa shape index (κ3) is 1.70. The summed E-state index contributed by atoms with van der Waals surface area (Å²) in [4.78, 5) is 10.9. The zero-order valence-corrected chi connectivity index (χ0v) is 10.8. The Bertz CT molecular complexity index is 557. The highest BCUT2D eigenvalue weighted by Gasteiger charge is 2.18. The summed E-state index contributed by atoms with van der Waals surface area (Å²) < 4.78 is 6.89. The lowest BCUT2D eigenvalue weighted by molar-refractivity contribution is 0.0664. The molecule has 1 aromatic heterocycles. The molecule has 3 nitrogen and oxygen atoms in total. The molecule has 0 spiro atoms. The molecule has 1 heterocycles. The van der Waals surface area contributed by atoms with Gasteiger partial charge < -0.3 is 9.52 Å². The molecule has 78 valence electrons. The summed E-state index contributed by atoms with van der Waals surface area (Å²) in [7, 11) is 0. The molecule has 0 bridgehead atoms. The minimum Gasteiger partial charge on any atom is -0.475 e. The largest absolute Gasteiger partial charge is 0.475 e. The van der Waals surface area contributed by atoms with Crippen LogP contribution in [0.5, 0.6) is 0 Å². The zero-order valence-electron chi connectivity index (χ0n) is 7.67. The van der Waals surface area contributed by atoms with Crippen LogP contribution in [-0.4, -0.2) is 11.1 Å². The number of carbonyl (C=O) groups is 1. The van der Waals surface area contributed by atoms with Gasteiger partial charge in [-0.05, 0) is 35.0 Å². The van der Waals surface area contributed by atoms with Crippen molar-refractivity contribution in [3.8, 4) is 0 Å². The Balaban J connectivity index is 2.88. The number of hydrogen-bond donors (Lipinski definition) is 1. The van der Waals surface area contributed by atoms with E-state index in [9.17, 15) is 4.79 Å². The van der Waals surface area contributed by atoms with Crippen molar-refractivity contribution in [3.63, 3.8) is 0 Å². The molecular formula is C10H6Br2O3. The van der Waals surface area contributed by atoms with Crippen molar-refractivity contribution >= 4 is 48.8 Å². The molecule has 5 heteroatoms. The fourth-order valence-corrected chi connectivity index (χ4v) is 2.75. The summed E-state index contributed by atoms with van der Waals surface area (Å²) in [5.74, 6) is -1.06. The number of carboxylic acids is 1. The molecule has 1 aromatic carbocycles. The number of halogens is 2. The molecule has 0 aliphatic rings. The van der Waals surface area contributed by atoms with E-state index in [0.717, 1.165) is 14.3 Å². The highest BCUT2D eigenvalue weighted by atomic mass is 79.9. The molecule has 0 unspecified atom stereocenters. The summed E-state index contributed by atoms with van der Waals surface area (Å²) in [5, 5.41) is 9.71. The van der Waals surface area contributed by atoms with Gasteiger partial charge in [0.2, 0.25) is 5.76 Å². The zero-order chi connectivity index (χ0) is 11.2. The van der Waals surface area contributed by atoms with Gasteiger partial charge in [0.05, 0.1) is 4.47 Å². The Labute approximate surface area is 102 Å². The molecule has 0 aliphatic carbocycles. The summed E-state index contributed by atoms with van der Waals surface area (Å²) in [6.07, 6.45) is 0. The van der Waals surface area contributed by atoms with Crippen molar-refractivity contribution in [2.45, 2.75) is 6.92 Å². The molecule has 0 radical (unpaired) electrons. The van der Waals surface area contributed by atoms with Crippen molar-refractivity contribution in [1.82, 2.24) is 0 Å². The van der Waals surface area contributed by atoms with E-state index in [0.29, 0.717) is 11.1 Å². The molecule has 0 fully saturated rings. The van der Waals surface area contributed by atoms with Crippen LogP contribution in [0, 0.1) is 6.92 Å². The second-order valence-electron chi connectivity index (χ2n) is 3.13. The lowest BCUT2D eigenvalue weighted by Gasteiger charge is -1.94. The van der Waals surface area contributed by atoms with E-state index in [1.54, 1.807) is 6.92 Å². The number of benzene rings is 1. The predicted octanol–water partition coefficient (Wildman–Crippen LogP) is 3.96. The van der Waals surface area contributed by atoms with Crippen LogP contribution in [0.4, 0.5) is 0 Å². The molecule has 0 aliphatic heterocycles. The number of furan rings is 1. The smallest absolute Gasteiger partial charge is 0.372 e. The SMILES string of the molecule is Cc1c(C(=O)O)oc2c(Br)cc(Br)cc12. The van der Waals surface area contributed by atoms with Crippen molar-refractivity contribution < 1.29 is 14.3 Å². The molecular weight excluding hydrogens is 328 g/mol. The second kappa shape index (κ2) is 3.64. The first kappa shape index (κ1) is 10.7. The number of carboxylic acid groups (broad SMARTS) is 1. The Morgan fingerprint density at radius 1 is 1.40 bits per heavy atom. The van der Waals surface area contributed by atoms with Crippen LogP contribution in [0.2, 0.25) is 0 Å². The Kier molecular flexibility index (Phi) is 2.60. The monoisotopic (exact) mass is 332 g/mol. The Morgan fingerprint density at radius 2 is 2.07 bits per heavy atom. The van der Waals surface area contributed by atoms with Crippen LogP contribution in [0.1, 0.15) is 16.1 Å². The minimum absolute atomic E-state index is 0.0104. The number of aryl methyl sites for hydroxylation is 1. The van der Waals surface area contributed by atoms with Crippen molar-refractivity contribution in [2.75, 3.05) is 0 Å². The summed E-state index contributed by atoms with van der Waals surface area (Å²) in [6, 6.07) is 3.66. The quantitative estimate of drug-likeness (QED) is 0.859. The number of rotatable bonds is 1. The van der Waals surface area contributed by atoms with Gasteiger partial charge in [-0.3, -0.25) is 0 Å². The van der Waals surface area contributed by atoms with E-state index in [2.05, 4.69) is 31.9 Å². The first-order valence-electron chi connectivity index (χ1n) is 4.12. The van der Waals surface area contributed by atoms with Crippen molar-refractivity contribution in [2.24, 2.45) is 0 Å². The third-order valence-corrected chi connectivity index (χ3v) is 3.20. The van der Waals surface area contributed by atoms with Gasteiger partial charge in [0.1, 0.15) is 5.58 Å². The number of aromatic carboxylic acids is 1. The summed E-state index contributed by atoms with van der Waals surface area (Å²) in [5.41, 5.74) is 1.20. The van der Waals surface area contributed by atoms with E-state index in [1.807, 2.05) is 12.1 Å². The average Bonchev–Trinajstić information content (AvgIpc) is 2.44. The number of hydrogen-bond acceptors (Lipinski definition) is 2. The standard InChI is InChI=1S/C10H6Br2O3/c1-4-6-2-5(11)3-7(12)9(6)15-8(4)10(13)14/h2-3H,1H3,(H,13,14). The van der Waals surface area contributed by atoms with Crippen LogP contribution in [-0.2, 0) is 0 Å². The Hall–Kier alpha value is -0.810. The molecule has 2 rings (SSSR count). The van der Waals surface area contributed by atoms with E-state index in [1.165, 1.54) is 0 Å². The van der Waals surface area contributed by atoms with Crippen LogP contribution >= 0.6 is 31.9 Å². The van der Waals surface area contributed by atoms with Crippen LogP contribution in [0.15, 0.2) is 25.5 Å². The van der Waals surface area contributed by atoms with Crippen molar-refractivity contribution in [1.29, 1.82) is 0 Å². The van der Waals surface area contributed by atoms with Gasteiger partial charge in [0.15, 0.2) is 0 Å². The molecule has 0 amide bonds. The molecule has 1 N–H and O–H groups in total. The lowest BCUT2D eigenvalue weighted by Crippen LogP contribution is -1.95. The Morgan fingerprint density at radius 3 is 2.67 bits per heavy atom. The lowest BCUT2D eigenvalue weighted by atomic mass is 10.1. The van der Waals surface area contributed by atoms with Crippen LogP contribution in [0.3, 0.4) is 0 Å². The number of fused-ring (bicyclic) bond motifs is 1.